The zero-order chi connectivity index (χ0) is 17.1. The van der Waals surface area contributed by atoms with E-state index in [4.69, 9.17) is 0 Å². The first-order valence-electron chi connectivity index (χ1n) is 7.13. The Balaban J connectivity index is 2.71. The van der Waals surface area contributed by atoms with Gasteiger partial charge in [-0.25, -0.2) is 14.7 Å². The van der Waals surface area contributed by atoms with Crippen molar-refractivity contribution in [2.45, 2.75) is 0 Å². The molecule has 2 heterocycles. The summed E-state index contributed by atoms with van der Waals surface area (Å²) < 4.78 is 1.70. The molecule has 0 fully saturated rings. The highest BCUT2D eigenvalue weighted by molar-refractivity contribution is 5.97. The van der Waals surface area contributed by atoms with E-state index in [2.05, 4.69) is 25.1 Å². The number of aliphatic imine (C=N–C) groups is 2. The third kappa shape index (κ3) is 3.74. The van der Waals surface area contributed by atoms with Gasteiger partial charge in [0.25, 0.3) is 0 Å². The molecule has 0 unspecified atom stereocenters. The van der Waals surface area contributed by atoms with E-state index < -0.39 is 0 Å². The van der Waals surface area contributed by atoms with E-state index in [9.17, 15) is 0 Å². The predicted molar refractivity (Wildman–Crippen MR) is 94.3 cm³/mol. The molecule has 0 amide bonds. The first-order chi connectivity index (χ1) is 10.8. The standard InChI is InChI=1S/C14H23N9/c1-20(2)8-15-11-10-12(16-9-21(3)4)19-23(7)13(10)18-14(17-11)22(5)6/h8-9H,1-7H3/b15-8+,16-9?. The third-order valence-corrected chi connectivity index (χ3v) is 2.86. The molecule has 0 aliphatic rings. The van der Waals surface area contributed by atoms with E-state index in [-0.39, 0.29) is 0 Å². The van der Waals surface area contributed by atoms with E-state index in [1.54, 1.807) is 17.4 Å². The van der Waals surface area contributed by atoms with Gasteiger partial charge in [0, 0.05) is 49.3 Å². The van der Waals surface area contributed by atoms with Crippen molar-refractivity contribution in [2.24, 2.45) is 17.0 Å². The van der Waals surface area contributed by atoms with Gasteiger partial charge in [-0.3, -0.25) is 0 Å². The second-order valence-electron chi connectivity index (χ2n) is 5.80. The van der Waals surface area contributed by atoms with Crippen molar-refractivity contribution in [3.05, 3.63) is 0 Å². The maximum Gasteiger partial charge on any atom is 0.228 e. The molecule has 0 bridgehead atoms. The Kier molecular flexibility index (Phi) is 4.77. The Morgan fingerprint density at radius 2 is 1.43 bits per heavy atom. The van der Waals surface area contributed by atoms with Crippen LogP contribution in [0.15, 0.2) is 9.98 Å². The number of rotatable bonds is 5. The lowest BCUT2D eigenvalue weighted by Crippen LogP contribution is -2.13. The number of hydrogen-bond acceptors (Lipinski definition) is 6. The summed E-state index contributed by atoms with van der Waals surface area (Å²) in [6, 6.07) is 0. The van der Waals surface area contributed by atoms with Gasteiger partial charge in [0.15, 0.2) is 17.3 Å². The van der Waals surface area contributed by atoms with Crippen LogP contribution in [0, 0.1) is 0 Å². The predicted octanol–water partition coefficient (Wildman–Crippen LogP) is 0.872. The van der Waals surface area contributed by atoms with Crippen molar-refractivity contribution < 1.29 is 0 Å². The molecule has 9 nitrogen and oxygen atoms in total. The van der Waals surface area contributed by atoms with Crippen LogP contribution in [-0.4, -0.2) is 84.5 Å². The Morgan fingerprint density at radius 1 is 0.870 bits per heavy atom. The lowest BCUT2D eigenvalue weighted by molar-refractivity contribution is 0.642. The molecular weight excluding hydrogens is 294 g/mol. The number of aromatic nitrogens is 4. The second-order valence-corrected chi connectivity index (χ2v) is 5.80. The smallest absolute Gasteiger partial charge is 0.228 e. The molecule has 0 aromatic carbocycles. The maximum absolute atomic E-state index is 4.55. The van der Waals surface area contributed by atoms with E-state index in [0.717, 1.165) is 5.39 Å². The Bertz CT molecular complexity index is 740. The topological polar surface area (TPSA) is 78.0 Å². The van der Waals surface area contributed by atoms with Crippen molar-refractivity contribution in [1.82, 2.24) is 29.5 Å². The van der Waals surface area contributed by atoms with Gasteiger partial charge in [-0.05, 0) is 0 Å². The summed E-state index contributed by atoms with van der Waals surface area (Å²) in [4.78, 5) is 23.5. The lowest BCUT2D eigenvalue weighted by Gasteiger charge is -2.11. The largest absolute Gasteiger partial charge is 0.369 e. The van der Waals surface area contributed by atoms with Gasteiger partial charge in [0.2, 0.25) is 5.95 Å². The van der Waals surface area contributed by atoms with Gasteiger partial charge in [0.05, 0.1) is 12.7 Å². The molecule has 0 atom stereocenters. The van der Waals surface area contributed by atoms with Gasteiger partial charge in [-0.15, -0.1) is 0 Å². The highest BCUT2D eigenvalue weighted by atomic mass is 15.3. The van der Waals surface area contributed by atoms with E-state index in [0.29, 0.717) is 23.2 Å². The molecule has 2 aromatic heterocycles. The Hall–Kier alpha value is -2.71. The van der Waals surface area contributed by atoms with Gasteiger partial charge in [-0.2, -0.15) is 15.1 Å². The molecule has 0 spiro atoms. The monoisotopic (exact) mass is 317 g/mol. The highest BCUT2D eigenvalue weighted by Gasteiger charge is 2.17. The zero-order valence-corrected chi connectivity index (χ0v) is 14.7. The number of anilines is 1. The fourth-order valence-corrected chi connectivity index (χ4v) is 1.82. The van der Waals surface area contributed by atoms with Crippen LogP contribution in [0.2, 0.25) is 0 Å². The fraction of sp³-hybridized carbons (Fsp3) is 0.500. The normalized spacial score (nSPS) is 11.8. The summed E-state index contributed by atoms with van der Waals surface area (Å²) in [5.74, 6) is 1.67. The molecule has 0 saturated heterocycles. The van der Waals surface area contributed by atoms with E-state index in [1.807, 2.05) is 64.0 Å². The minimum atomic E-state index is 0.548. The maximum atomic E-state index is 4.55. The summed E-state index contributed by atoms with van der Waals surface area (Å²) in [6.07, 6.45) is 3.40. The SMILES string of the molecule is CN(C)C=Nc1nn(C)c2nc(N(C)C)nc(/N=C/N(C)C)c12. The Labute approximate surface area is 136 Å². The molecule has 0 N–H and O–H groups in total. The van der Waals surface area contributed by atoms with Crippen LogP contribution >= 0.6 is 0 Å². The van der Waals surface area contributed by atoms with Crippen LogP contribution in [0.25, 0.3) is 11.0 Å². The molecule has 0 saturated carbocycles. The van der Waals surface area contributed by atoms with E-state index >= 15 is 0 Å². The van der Waals surface area contributed by atoms with Crippen LogP contribution in [0.5, 0.6) is 0 Å². The first-order valence-corrected chi connectivity index (χ1v) is 7.13. The van der Waals surface area contributed by atoms with Gasteiger partial charge < -0.3 is 14.7 Å². The Morgan fingerprint density at radius 3 is 1.96 bits per heavy atom. The van der Waals surface area contributed by atoms with Crippen LogP contribution in [0.1, 0.15) is 0 Å². The van der Waals surface area contributed by atoms with Crippen LogP contribution in [0.3, 0.4) is 0 Å². The van der Waals surface area contributed by atoms with Crippen molar-refractivity contribution >= 4 is 41.3 Å². The van der Waals surface area contributed by atoms with Crippen molar-refractivity contribution in [3.8, 4) is 0 Å². The number of aryl methyl sites for hydroxylation is 1. The molecule has 0 radical (unpaired) electrons. The summed E-state index contributed by atoms with van der Waals surface area (Å²) in [5, 5.41) is 5.16. The third-order valence-electron chi connectivity index (χ3n) is 2.86. The van der Waals surface area contributed by atoms with Crippen molar-refractivity contribution in [2.75, 3.05) is 47.2 Å². The van der Waals surface area contributed by atoms with Gasteiger partial charge >= 0.3 is 0 Å². The molecule has 9 heteroatoms. The average molecular weight is 317 g/mol. The summed E-state index contributed by atoms with van der Waals surface area (Å²) in [5.41, 5.74) is 0.695. The fourth-order valence-electron chi connectivity index (χ4n) is 1.82. The van der Waals surface area contributed by atoms with E-state index in [1.165, 1.54) is 0 Å². The first kappa shape index (κ1) is 16.7. The van der Waals surface area contributed by atoms with Crippen molar-refractivity contribution in [3.63, 3.8) is 0 Å². The van der Waals surface area contributed by atoms with Gasteiger partial charge in [-0.1, -0.05) is 0 Å². The molecule has 23 heavy (non-hydrogen) atoms. The summed E-state index contributed by atoms with van der Waals surface area (Å²) >= 11 is 0. The number of nitrogens with zero attached hydrogens (tertiary/aromatic N) is 9. The minimum Gasteiger partial charge on any atom is -0.369 e. The average Bonchev–Trinajstić information content (AvgIpc) is 2.79. The molecule has 2 rings (SSSR count). The number of fused-ring (bicyclic) bond motifs is 1. The highest BCUT2D eigenvalue weighted by Crippen LogP contribution is 2.32. The molecule has 2 aromatic rings. The molecule has 0 aliphatic carbocycles. The van der Waals surface area contributed by atoms with Gasteiger partial charge in [0.1, 0.15) is 5.39 Å². The van der Waals surface area contributed by atoms with Crippen LogP contribution in [0.4, 0.5) is 17.6 Å². The second kappa shape index (κ2) is 6.59. The lowest BCUT2D eigenvalue weighted by atomic mass is 10.3. The number of hydrogen-bond donors (Lipinski definition) is 0. The minimum absolute atomic E-state index is 0.548. The summed E-state index contributed by atoms with van der Waals surface area (Å²) in [7, 11) is 13.2. The molecule has 0 aliphatic heterocycles. The zero-order valence-electron chi connectivity index (χ0n) is 14.7. The molecule has 124 valence electrons. The summed E-state index contributed by atoms with van der Waals surface area (Å²) in [6.45, 7) is 0. The molecular formula is C14H23N9. The van der Waals surface area contributed by atoms with Crippen LogP contribution < -0.4 is 4.90 Å². The van der Waals surface area contributed by atoms with Crippen molar-refractivity contribution in [1.29, 1.82) is 0 Å². The van der Waals surface area contributed by atoms with Crippen LogP contribution in [-0.2, 0) is 7.05 Å². The quantitative estimate of drug-likeness (QED) is 0.601.